The maximum Gasteiger partial charge on any atom is 0.274 e. The number of halogens is 1. The van der Waals surface area contributed by atoms with Gasteiger partial charge in [-0.15, -0.1) is 0 Å². The fourth-order valence-electron chi connectivity index (χ4n) is 2.03. The van der Waals surface area contributed by atoms with Crippen LogP contribution in [0.15, 0.2) is 47.6 Å². The highest BCUT2D eigenvalue weighted by atomic mass is 19.1. The van der Waals surface area contributed by atoms with E-state index >= 15 is 0 Å². The van der Waals surface area contributed by atoms with Gasteiger partial charge in [-0.2, -0.15) is 5.10 Å². The maximum atomic E-state index is 13.9. The number of hydrogen-bond donors (Lipinski definition) is 2. The van der Waals surface area contributed by atoms with Crippen molar-refractivity contribution >= 4 is 18.0 Å². The summed E-state index contributed by atoms with van der Waals surface area (Å²) in [5, 5.41) is 13.6. The van der Waals surface area contributed by atoms with Gasteiger partial charge in [0, 0.05) is 23.7 Å². The number of hydrazone groups is 1. The number of hydroxylamine groups is 1. The molecule has 0 aromatic heterocycles. The van der Waals surface area contributed by atoms with Gasteiger partial charge < -0.3 is 0 Å². The minimum atomic E-state index is -0.816. The first-order valence-corrected chi connectivity index (χ1v) is 7.05. The Labute approximate surface area is 138 Å². The molecule has 6 nitrogen and oxygen atoms in total. The van der Waals surface area contributed by atoms with Gasteiger partial charge in [0.2, 0.25) is 0 Å². The molecule has 24 heavy (non-hydrogen) atoms. The van der Waals surface area contributed by atoms with Crippen LogP contribution in [0.5, 0.6) is 0 Å². The van der Waals surface area contributed by atoms with Crippen molar-refractivity contribution in [2.24, 2.45) is 5.10 Å². The average molecular weight is 329 g/mol. The lowest BCUT2D eigenvalue weighted by Crippen LogP contribution is -2.22. The van der Waals surface area contributed by atoms with Gasteiger partial charge in [0.1, 0.15) is 5.82 Å². The highest BCUT2D eigenvalue weighted by molar-refractivity contribution is 5.96. The van der Waals surface area contributed by atoms with Crippen molar-refractivity contribution in [2.75, 3.05) is 7.05 Å². The van der Waals surface area contributed by atoms with Crippen LogP contribution in [0.3, 0.4) is 0 Å². The SMILES string of the molecule is Cc1ccccc1C(=O)N(C)/N=C/c1ccc(C(=O)NO)cc1F. The van der Waals surface area contributed by atoms with Crippen molar-refractivity contribution in [3.63, 3.8) is 0 Å². The Kier molecular flexibility index (Phi) is 5.39. The van der Waals surface area contributed by atoms with Crippen LogP contribution in [-0.4, -0.2) is 35.3 Å². The molecule has 2 rings (SSSR count). The number of carbonyl (C=O) groups is 2. The van der Waals surface area contributed by atoms with Crippen molar-refractivity contribution in [1.29, 1.82) is 0 Å². The Morgan fingerprint density at radius 2 is 1.96 bits per heavy atom. The van der Waals surface area contributed by atoms with E-state index in [0.717, 1.165) is 16.6 Å². The second-order valence-corrected chi connectivity index (χ2v) is 5.07. The molecule has 0 aliphatic carbocycles. The van der Waals surface area contributed by atoms with Gasteiger partial charge in [-0.25, -0.2) is 14.9 Å². The summed E-state index contributed by atoms with van der Waals surface area (Å²) in [6.07, 6.45) is 1.19. The first-order chi connectivity index (χ1) is 11.4. The van der Waals surface area contributed by atoms with Crippen molar-refractivity contribution in [2.45, 2.75) is 6.92 Å². The summed E-state index contributed by atoms with van der Waals surface area (Å²) in [6.45, 7) is 1.81. The molecule has 124 valence electrons. The molecule has 0 heterocycles. The molecule has 0 aliphatic rings. The van der Waals surface area contributed by atoms with Crippen LogP contribution in [-0.2, 0) is 0 Å². The molecule has 0 spiro atoms. The van der Waals surface area contributed by atoms with E-state index in [9.17, 15) is 14.0 Å². The number of amides is 2. The van der Waals surface area contributed by atoms with Crippen molar-refractivity contribution < 1.29 is 19.2 Å². The van der Waals surface area contributed by atoms with Crippen LogP contribution in [0.4, 0.5) is 4.39 Å². The lowest BCUT2D eigenvalue weighted by Gasteiger charge is -2.12. The minimum absolute atomic E-state index is 0.0310. The first kappa shape index (κ1) is 17.3. The zero-order valence-corrected chi connectivity index (χ0v) is 13.2. The molecule has 7 heteroatoms. The molecule has 2 aromatic carbocycles. The lowest BCUT2D eigenvalue weighted by atomic mass is 10.1. The van der Waals surface area contributed by atoms with E-state index < -0.39 is 11.7 Å². The normalized spacial score (nSPS) is 10.7. The van der Waals surface area contributed by atoms with Crippen molar-refractivity contribution in [1.82, 2.24) is 10.5 Å². The zero-order chi connectivity index (χ0) is 17.7. The summed E-state index contributed by atoms with van der Waals surface area (Å²) in [7, 11) is 1.47. The summed E-state index contributed by atoms with van der Waals surface area (Å²) in [4.78, 5) is 23.5. The van der Waals surface area contributed by atoms with Gasteiger partial charge in [0.05, 0.1) is 6.21 Å². The standard InChI is InChI=1S/C17H16FN3O3/c1-11-5-3-4-6-14(11)17(23)21(2)19-10-13-8-7-12(9-15(13)18)16(22)20-24/h3-10,24H,1-2H3,(H,20,22)/b19-10+. The van der Waals surface area contributed by atoms with E-state index in [1.165, 1.54) is 30.9 Å². The monoisotopic (exact) mass is 329 g/mol. The number of nitrogens with zero attached hydrogens (tertiary/aromatic N) is 2. The van der Waals surface area contributed by atoms with Crippen LogP contribution < -0.4 is 5.48 Å². The first-order valence-electron chi connectivity index (χ1n) is 7.05. The summed E-state index contributed by atoms with van der Waals surface area (Å²) in [6, 6.07) is 10.7. The van der Waals surface area contributed by atoms with Crippen LogP contribution in [0.2, 0.25) is 0 Å². The molecule has 2 amide bonds. The molecular weight excluding hydrogens is 313 g/mol. The highest BCUT2D eigenvalue weighted by Gasteiger charge is 2.13. The number of aryl methyl sites for hydroxylation is 1. The van der Waals surface area contributed by atoms with Gasteiger partial charge in [-0.05, 0) is 36.8 Å². The maximum absolute atomic E-state index is 13.9. The Morgan fingerprint density at radius 3 is 2.58 bits per heavy atom. The van der Waals surface area contributed by atoms with Gasteiger partial charge in [0.15, 0.2) is 0 Å². The quantitative estimate of drug-likeness (QED) is 0.513. The fraction of sp³-hybridized carbons (Fsp3) is 0.118. The van der Waals surface area contributed by atoms with E-state index in [1.54, 1.807) is 12.1 Å². The van der Waals surface area contributed by atoms with Crippen LogP contribution in [0.1, 0.15) is 31.8 Å². The van der Waals surface area contributed by atoms with E-state index in [2.05, 4.69) is 5.10 Å². The van der Waals surface area contributed by atoms with Gasteiger partial charge >= 0.3 is 0 Å². The fourth-order valence-corrected chi connectivity index (χ4v) is 2.03. The smallest absolute Gasteiger partial charge is 0.274 e. The van der Waals surface area contributed by atoms with Crippen molar-refractivity contribution in [3.05, 3.63) is 70.5 Å². The van der Waals surface area contributed by atoms with Crippen LogP contribution >= 0.6 is 0 Å². The molecule has 2 aromatic rings. The molecule has 0 atom stereocenters. The molecule has 0 aliphatic heterocycles. The summed E-state index contributed by atoms with van der Waals surface area (Å²) < 4.78 is 13.9. The predicted octanol–water partition coefficient (Wildman–Crippen LogP) is 2.36. The molecule has 0 radical (unpaired) electrons. The Balaban J connectivity index is 2.17. The molecule has 0 fully saturated rings. The highest BCUT2D eigenvalue weighted by Crippen LogP contribution is 2.11. The van der Waals surface area contributed by atoms with E-state index in [1.807, 2.05) is 19.1 Å². The topological polar surface area (TPSA) is 82.0 Å². The number of hydrogen-bond acceptors (Lipinski definition) is 4. The third-order valence-electron chi connectivity index (χ3n) is 3.40. The summed E-state index contributed by atoms with van der Waals surface area (Å²) in [5.41, 5.74) is 2.82. The molecular formula is C17H16FN3O3. The summed E-state index contributed by atoms with van der Waals surface area (Å²) >= 11 is 0. The van der Waals surface area contributed by atoms with Gasteiger partial charge in [0.25, 0.3) is 11.8 Å². The van der Waals surface area contributed by atoms with Crippen LogP contribution in [0, 0.1) is 12.7 Å². The molecule has 2 N–H and O–H groups in total. The van der Waals surface area contributed by atoms with E-state index in [-0.39, 0.29) is 17.0 Å². The molecule has 0 saturated heterocycles. The minimum Gasteiger partial charge on any atom is -0.288 e. The number of benzene rings is 2. The second kappa shape index (κ2) is 7.47. The second-order valence-electron chi connectivity index (χ2n) is 5.07. The predicted molar refractivity (Wildman–Crippen MR) is 86.5 cm³/mol. The Morgan fingerprint density at radius 1 is 1.25 bits per heavy atom. The summed E-state index contributed by atoms with van der Waals surface area (Å²) in [5.74, 6) is -1.83. The largest absolute Gasteiger partial charge is 0.288 e. The molecule has 0 unspecified atom stereocenters. The van der Waals surface area contributed by atoms with E-state index in [0.29, 0.717) is 5.56 Å². The number of carbonyl (C=O) groups excluding carboxylic acids is 2. The van der Waals surface area contributed by atoms with Gasteiger partial charge in [-0.1, -0.05) is 18.2 Å². The zero-order valence-electron chi connectivity index (χ0n) is 13.2. The Bertz CT molecular complexity index is 805. The number of nitrogens with one attached hydrogen (secondary N) is 1. The van der Waals surface area contributed by atoms with Crippen molar-refractivity contribution in [3.8, 4) is 0 Å². The van der Waals surface area contributed by atoms with Gasteiger partial charge in [-0.3, -0.25) is 14.8 Å². The molecule has 0 saturated carbocycles. The third-order valence-corrected chi connectivity index (χ3v) is 3.40. The Hall–Kier alpha value is -3.06. The number of rotatable bonds is 4. The van der Waals surface area contributed by atoms with Crippen LogP contribution in [0.25, 0.3) is 0 Å². The lowest BCUT2D eigenvalue weighted by molar-refractivity contribution is 0.0705. The molecule has 0 bridgehead atoms. The van der Waals surface area contributed by atoms with E-state index in [4.69, 9.17) is 5.21 Å². The average Bonchev–Trinajstić information content (AvgIpc) is 2.59. The third kappa shape index (κ3) is 3.82.